The third-order valence-corrected chi connectivity index (χ3v) is 5.78. The second-order valence-electron chi connectivity index (χ2n) is 8.20. The molecular formula is C29H24F4. The number of benzene rings is 4. The average molecular weight is 449 g/mol. The van der Waals surface area contributed by atoms with Crippen molar-refractivity contribution in [1.82, 2.24) is 0 Å². The molecular weight excluding hydrogens is 424 g/mol. The van der Waals surface area contributed by atoms with Crippen molar-refractivity contribution in [2.24, 2.45) is 0 Å². The van der Waals surface area contributed by atoms with Gasteiger partial charge in [0.1, 0.15) is 23.3 Å². The van der Waals surface area contributed by atoms with Crippen LogP contribution in [0.4, 0.5) is 17.6 Å². The summed E-state index contributed by atoms with van der Waals surface area (Å²) in [5, 5.41) is 0. The van der Waals surface area contributed by atoms with Crippen LogP contribution in [-0.2, 0) is 6.42 Å². The average Bonchev–Trinajstić information content (AvgIpc) is 2.79. The summed E-state index contributed by atoms with van der Waals surface area (Å²) in [5.74, 6) is -2.73. The molecule has 0 aliphatic heterocycles. The molecule has 0 nitrogen and oxygen atoms in total. The number of hydrogen-bond donors (Lipinski definition) is 0. The van der Waals surface area contributed by atoms with E-state index in [0.717, 1.165) is 42.2 Å². The minimum atomic E-state index is -0.788. The molecule has 0 fully saturated rings. The lowest BCUT2D eigenvalue weighted by molar-refractivity contribution is 0.583. The van der Waals surface area contributed by atoms with Crippen molar-refractivity contribution in [2.45, 2.75) is 32.6 Å². The third-order valence-electron chi connectivity index (χ3n) is 5.78. The number of aryl methyl sites for hydroxylation is 1. The molecule has 4 aromatic rings. The summed E-state index contributed by atoms with van der Waals surface area (Å²) in [6.45, 7) is 2.18. The maximum absolute atomic E-state index is 14.9. The zero-order chi connectivity index (χ0) is 23.4. The molecule has 0 N–H and O–H groups in total. The highest BCUT2D eigenvalue weighted by Crippen LogP contribution is 2.32. The molecule has 4 aromatic carbocycles. The van der Waals surface area contributed by atoms with Gasteiger partial charge in [-0.2, -0.15) is 0 Å². The fourth-order valence-corrected chi connectivity index (χ4v) is 4.00. The standard InChI is InChI=1S/C29H24F4/c1-2-3-4-5-19-6-8-20(9-7-19)21-10-12-26(28(32)16-21)22-11-13-27(29(33)17-22)23-14-24(30)18-25(31)15-23/h6-18H,2-5H2,1H3. The molecule has 0 aromatic heterocycles. The van der Waals surface area contributed by atoms with Crippen LogP contribution in [0.1, 0.15) is 31.7 Å². The van der Waals surface area contributed by atoms with Gasteiger partial charge in [0.25, 0.3) is 0 Å². The molecule has 0 heterocycles. The Bertz CT molecular complexity index is 1240. The second-order valence-corrected chi connectivity index (χ2v) is 8.20. The van der Waals surface area contributed by atoms with E-state index in [-0.39, 0.29) is 16.7 Å². The Hall–Kier alpha value is -3.40. The van der Waals surface area contributed by atoms with E-state index in [1.807, 2.05) is 12.1 Å². The maximum atomic E-state index is 14.9. The van der Waals surface area contributed by atoms with E-state index in [0.29, 0.717) is 5.56 Å². The predicted molar refractivity (Wildman–Crippen MR) is 126 cm³/mol. The lowest BCUT2D eigenvalue weighted by Gasteiger charge is -2.10. The summed E-state index contributed by atoms with van der Waals surface area (Å²) in [6, 6.07) is 20.0. The lowest BCUT2D eigenvalue weighted by atomic mass is 9.96. The first kappa shape index (κ1) is 22.8. The topological polar surface area (TPSA) is 0 Å². The van der Waals surface area contributed by atoms with Crippen molar-refractivity contribution in [1.29, 1.82) is 0 Å². The molecule has 4 rings (SSSR count). The van der Waals surface area contributed by atoms with Gasteiger partial charge in [-0.15, -0.1) is 0 Å². The normalized spacial score (nSPS) is 11.1. The summed E-state index contributed by atoms with van der Waals surface area (Å²) in [4.78, 5) is 0. The predicted octanol–water partition coefficient (Wildman–Crippen LogP) is 8.98. The van der Waals surface area contributed by atoms with E-state index < -0.39 is 23.3 Å². The van der Waals surface area contributed by atoms with Gasteiger partial charge in [-0.3, -0.25) is 0 Å². The van der Waals surface area contributed by atoms with E-state index in [4.69, 9.17) is 0 Å². The Kier molecular flexibility index (Phi) is 6.93. The van der Waals surface area contributed by atoms with Crippen LogP contribution in [0.2, 0.25) is 0 Å². The van der Waals surface area contributed by atoms with Gasteiger partial charge in [0.05, 0.1) is 0 Å². The van der Waals surface area contributed by atoms with Gasteiger partial charge in [0, 0.05) is 17.2 Å². The van der Waals surface area contributed by atoms with Crippen molar-refractivity contribution in [3.05, 3.63) is 108 Å². The second kappa shape index (κ2) is 10.0. The zero-order valence-electron chi connectivity index (χ0n) is 18.3. The fraction of sp³-hybridized carbons (Fsp3) is 0.172. The number of unbranched alkanes of at least 4 members (excludes halogenated alkanes) is 2. The van der Waals surface area contributed by atoms with Crippen LogP contribution >= 0.6 is 0 Å². The Labute approximate surface area is 191 Å². The summed E-state index contributed by atoms with van der Waals surface area (Å²) >= 11 is 0. The van der Waals surface area contributed by atoms with E-state index >= 15 is 0 Å². The Balaban J connectivity index is 1.57. The summed E-state index contributed by atoms with van der Waals surface area (Å²) < 4.78 is 56.7. The summed E-state index contributed by atoms with van der Waals surface area (Å²) in [5.41, 5.74) is 3.66. The number of rotatable bonds is 7. The highest BCUT2D eigenvalue weighted by molar-refractivity contribution is 5.74. The smallest absolute Gasteiger partial charge is 0.131 e. The minimum absolute atomic E-state index is 0.0493. The Morgan fingerprint density at radius 3 is 1.67 bits per heavy atom. The van der Waals surface area contributed by atoms with Crippen LogP contribution in [0, 0.1) is 23.3 Å². The first-order chi connectivity index (χ1) is 15.9. The van der Waals surface area contributed by atoms with Gasteiger partial charge >= 0.3 is 0 Å². The first-order valence-electron chi connectivity index (χ1n) is 11.1. The van der Waals surface area contributed by atoms with Gasteiger partial charge < -0.3 is 0 Å². The van der Waals surface area contributed by atoms with Crippen LogP contribution in [-0.4, -0.2) is 0 Å². The number of halogens is 4. The van der Waals surface area contributed by atoms with Crippen LogP contribution in [0.3, 0.4) is 0 Å². The quantitative estimate of drug-likeness (QED) is 0.195. The van der Waals surface area contributed by atoms with Crippen molar-refractivity contribution < 1.29 is 17.6 Å². The highest BCUT2D eigenvalue weighted by atomic mass is 19.1. The molecule has 0 saturated carbocycles. The van der Waals surface area contributed by atoms with E-state index in [9.17, 15) is 17.6 Å². The van der Waals surface area contributed by atoms with Gasteiger partial charge in [0.15, 0.2) is 0 Å². The van der Waals surface area contributed by atoms with Gasteiger partial charge in [-0.05, 0) is 64.9 Å². The molecule has 0 bridgehead atoms. The largest absolute Gasteiger partial charge is 0.207 e. The molecule has 33 heavy (non-hydrogen) atoms. The van der Waals surface area contributed by atoms with E-state index in [1.54, 1.807) is 18.2 Å². The number of hydrogen-bond acceptors (Lipinski definition) is 0. The van der Waals surface area contributed by atoms with Gasteiger partial charge in [0.2, 0.25) is 0 Å². The van der Waals surface area contributed by atoms with Crippen molar-refractivity contribution in [2.75, 3.05) is 0 Å². The maximum Gasteiger partial charge on any atom is 0.131 e. The molecule has 0 aliphatic rings. The van der Waals surface area contributed by atoms with Crippen molar-refractivity contribution in [3.8, 4) is 33.4 Å². The molecule has 0 atom stereocenters. The third kappa shape index (κ3) is 5.33. The molecule has 0 unspecified atom stereocenters. The van der Waals surface area contributed by atoms with E-state index in [2.05, 4.69) is 19.1 Å². The highest BCUT2D eigenvalue weighted by Gasteiger charge is 2.13. The van der Waals surface area contributed by atoms with Gasteiger partial charge in [-0.25, -0.2) is 17.6 Å². The Morgan fingerprint density at radius 2 is 1.06 bits per heavy atom. The Morgan fingerprint density at radius 1 is 0.515 bits per heavy atom. The molecule has 4 heteroatoms. The van der Waals surface area contributed by atoms with Crippen molar-refractivity contribution >= 4 is 0 Å². The molecule has 0 spiro atoms. The van der Waals surface area contributed by atoms with Crippen LogP contribution in [0.5, 0.6) is 0 Å². The SMILES string of the molecule is CCCCCc1ccc(-c2ccc(-c3ccc(-c4cc(F)cc(F)c4)c(F)c3)c(F)c2)cc1. The first-order valence-corrected chi connectivity index (χ1v) is 11.1. The lowest BCUT2D eigenvalue weighted by Crippen LogP contribution is -1.91. The van der Waals surface area contributed by atoms with Crippen LogP contribution in [0.15, 0.2) is 78.9 Å². The minimum Gasteiger partial charge on any atom is -0.207 e. The van der Waals surface area contributed by atoms with Gasteiger partial charge in [-0.1, -0.05) is 68.3 Å². The molecule has 0 amide bonds. The van der Waals surface area contributed by atoms with Crippen molar-refractivity contribution in [3.63, 3.8) is 0 Å². The zero-order valence-corrected chi connectivity index (χ0v) is 18.3. The van der Waals surface area contributed by atoms with E-state index in [1.165, 1.54) is 36.6 Å². The molecule has 168 valence electrons. The summed E-state index contributed by atoms with van der Waals surface area (Å²) in [6.07, 6.45) is 4.57. The monoisotopic (exact) mass is 448 g/mol. The summed E-state index contributed by atoms with van der Waals surface area (Å²) in [7, 11) is 0. The molecule has 0 radical (unpaired) electrons. The van der Waals surface area contributed by atoms with Crippen LogP contribution in [0.25, 0.3) is 33.4 Å². The van der Waals surface area contributed by atoms with Crippen LogP contribution < -0.4 is 0 Å². The molecule has 0 aliphatic carbocycles. The molecule has 0 saturated heterocycles. The fourth-order valence-electron chi connectivity index (χ4n) is 4.00.